The Balaban J connectivity index is 1.36. The topological polar surface area (TPSA) is 88.5 Å². The van der Waals surface area contributed by atoms with Crippen LogP contribution in [0.15, 0.2) is 54.4 Å². The first-order valence-electron chi connectivity index (χ1n) is 12.2. The maximum absolute atomic E-state index is 13.5. The molecule has 1 aromatic carbocycles. The van der Waals surface area contributed by atoms with Gasteiger partial charge in [0.2, 0.25) is 5.91 Å². The van der Waals surface area contributed by atoms with E-state index in [-0.39, 0.29) is 29.9 Å². The number of pyridine rings is 1. The lowest BCUT2D eigenvalue weighted by atomic mass is 9.54. The molecule has 5 atom stereocenters. The standard InChI is InChI=1S/C28H32N2O4/c1-28-14-13-20-19-6-4-3-5-17(19)7-9-21(20)26(28)22(23(16-31)27(28)33)10-12-25(32)30-24-11-8-18(34-2)15-29-24/h3-6,8,11,15-16,20-22,26,31H,7,9-10,12-14H2,1-2H3,(H,29,30,32)/b23-16-/t20?,21?,22-,26?,28+/m1/s1. The van der Waals surface area contributed by atoms with E-state index >= 15 is 0 Å². The third-order valence-corrected chi connectivity index (χ3v) is 8.56. The lowest BCUT2D eigenvalue weighted by molar-refractivity contribution is -0.127. The summed E-state index contributed by atoms with van der Waals surface area (Å²) in [5, 5.41) is 12.9. The molecule has 6 nitrogen and oxygen atoms in total. The zero-order valence-electron chi connectivity index (χ0n) is 19.8. The fourth-order valence-corrected chi connectivity index (χ4v) is 7.03. The molecule has 6 heteroatoms. The molecule has 0 bridgehead atoms. The van der Waals surface area contributed by atoms with Gasteiger partial charge in [0, 0.05) is 17.4 Å². The Morgan fingerprint density at radius 3 is 2.82 bits per heavy atom. The highest BCUT2D eigenvalue weighted by Crippen LogP contribution is 2.63. The Labute approximate surface area is 200 Å². The fourth-order valence-electron chi connectivity index (χ4n) is 7.03. The predicted octanol–water partition coefficient (Wildman–Crippen LogP) is 5.21. The van der Waals surface area contributed by atoms with E-state index in [1.807, 2.05) is 0 Å². The first-order chi connectivity index (χ1) is 16.5. The SMILES string of the molecule is COc1ccc(NC(=O)CC[C@@H]2/C(=C/O)C(=O)[C@@]3(C)CCC4c5ccccc5CCC4C23)nc1. The van der Waals surface area contributed by atoms with Crippen molar-refractivity contribution < 1.29 is 19.4 Å². The summed E-state index contributed by atoms with van der Waals surface area (Å²) in [7, 11) is 1.57. The van der Waals surface area contributed by atoms with E-state index in [9.17, 15) is 14.7 Å². The summed E-state index contributed by atoms with van der Waals surface area (Å²) in [4.78, 5) is 30.4. The molecule has 3 aliphatic carbocycles. The zero-order chi connectivity index (χ0) is 23.9. The highest BCUT2D eigenvalue weighted by atomic mass is 16.5. The molecule has 0 spiro atoms. The van der Waals surface area contributed by atoms with E-state index in [2.05, 4.69) is 41.5 Å². The number of fused-ring (bicyclic) bond motifs is 5. The molecule has 0 aliphatic heterocycles. The summed E-state index contributed by atoms with van der Waals surface area (Å²) in [5.74, 6) is 1.86. The van der Waals surface area contributed by atoms with Gasteiger partial charge in [-0.25, -0.2) is 4.98 Å². The number of carbonyl (C=O) groups excluding carboxylic acids is 2. The smallest absolute Gasteiger partial charge is 0.225 e. The number of nitrogens with zero attached hydrogens (tertiary/aromatic N) is 1. The number of rotatable bonds is 5. The number of methoxy groups -OCH3 is 1. The van der Waals surface area contributed by atoms with Crippen molar-refractivity contribution >= 4 is 17.5 Å². The van der Waals surface area contributed by atoms with E-state index in [0.717, 1.165) is 31.9 Å². The highest BCUT2D eigenvalue weighted by molar-refractivity contribution is 6.03. The van der Waals surface area contributed by atoms with Crippen LogP contribution in [-0.4, -0.2) is 28.9 Å². The number of aliphatic hydroxyl groups is 1. The number of benzene rings is 1. The lowest BCUT2D eigenvalue weighted by Gasteiger charge is -2.49. The largest absolute Gasteiger partial charge is 0.515 e. The normalized spacial score (nSPS) is 30.9. The van der Waals surface area contributed by atoms with Crippen LogP contribution in [0.2, 0.25) is 0 Å². The quantitative estimate of drug-likeness (QED) is 0.472. The number of allylic oxidation sites excluding steroid dienone is 1. The van der Waals surface area contributed by atoms with Crippen molar-refractivity contribution in [1.29, 1.82) is 0 Å². The molecule has 2 N–H and O–H groups in total. The molecule has 1 heterocycles. The fraction of sp³-hybridized carbons (Fsp3) is 0.464. The Hall–Kier alpha value is -3.15. The molecule has 1 aromatic heterocycles. The van der Waals surface area contributed by atoms with Crippen LogP contribution in [0.25, 0.3) is 0 Å². The predicted molar refractivity (Wildman–Crippen MR) is 130 cm³/mol. The van der Waals surface area contributed by atoms with Crippen LogP contribution in [0.3, 0.4) is 0 Å². The first-order valence-corrected chi connectivity index (χ1v) is 12.2. The van der Waals surface area contributed by atoms with Crippen molar-refractivity contribution in [3.63, 3.8) is 0 Å². The molecule has 2 aromatic rings. The van der Waals surface area contributed by atoms with Crippen molar-refractivity contribution in [1.82, 2.24) is 4.98 Å². The third-order valence-electron chi connectivity index (χ3n) is 8.56. The van der Waals surface area contributed by atoms with E-state index in [1.165, 1.54) is 11.1 Å². The Morgan fingerprint density at radius 2 is 2.09 bits per heavy atom. The molecule has 34 heavy (non-hydrogen) atoms. The molecular weight excluding hydrogens is 428 g/mol. The van der Waals surface area contributed by atoms with Gasteiger partial charge in [-0.1, -0.05) is 31.2 Å². The number of aromatic nitrogens is 1. The van der Waals surface area contributed by atoms with Crippen LogP contribution in [0.4, 0.5) is 5.82 Å². The number of aliphatic hydroxyl groups excluding tert-OH is 1. The van der Waals surface area contributed by atoms with E-state index in [4.69, 9.17) is 4.74 Å². The maximum Gasteiger partial charge on any atom is 0.225 e. The van der Waals surface area contributed by atoms with Gasteiger partial charge in [0.1, 0.15) is 11.6 Å². The second kappa shape index (κ2) is 8.90. The summed E-state index contributed by atoms with van der Waals surface area (Å²) in [6, 6.07) is 12.2. The van der Waals surface area contributed by atoms with Gasteiger partial charge in [0.05, 0.1) is 19.6 Å². The van der Waals surface area contributed by atoms with Gasteiger partial charge in [-0.15, -0.1) is 0 Å². The second-order valence-electron chi connectivity index (χ2n) is 10.2. The molecule has 3 unspecified atom stereocenters. The number of anilines is 1. The number of carbonyl (C=O) groups is 2. The minimum Gasteiger partial charge on any atom is -0.515 e. The number of hydrogen-bond acceptors (Lipinski definition) is 5. The van der Waals surface area contributed by atoms with Crippen molar-refractivity contribution in [3.8, 4) is 5.75 Å². The van der Waals surface area contributed by atoms with Gasteiger partial charge < -0.3 is 15.2 Å². The number of aryl methyl sites for hydroxylation is 1. The number of amides is 1. The summed E-state index contributed by atoms with van der Waals surface area (Å²) in [6.07, 6.45) is 7.27. The summed E-state index contributed by atoms with van der Waals surface area (Å²) < 4.78 is 5.11. The van der Waals surface area contributed by atoms with Gasteiger partial charge in [0.15, 0.2) is 5.78 Å². The van der Waals surface area contributed by atoms with Gasteiger partial charge in [0.25, 0.3) is 0 Å². The number of nitrogens with one attached hydrogen (secondary N) is 1. The monoisotopic (exact) mass is 460 g/mol. The Morgan fingerprint density at radius 1 is 1.26 bits per heavy atom. The third kappa shape index (κ3) is 3.69. The van der Waals surface area contributed by atoms with E-state index in [1.54, 1.807) is 25.4 Å². The van der Waals surface area contributed by atoms with Crippen LogP contribution in [0.5, 0.6) is 5.75 Å². The minimum atomic E-state index is -0.472. The van der Waals surface area contributed by atoms with Crippen LogP contribution in [-0.2, 0) is 16.0 Å². The number of Topliss-reactive ketones (excluding diaryl/α,β-unsaturated/α-hetero) is 1. The van der Waals surface area contributed by atoms with Crippen molar-refractivity contribution in [3.05, 3.63) is 65.6 Å². The molecule has 3 aliphatic rings. The minimum absolute atomic E-state index is 0.0690. The maximum atomic E-state index is 13.5. The molecule has 2 saturated carbocycles. The van der Waals surface area contributed by atoms with E-state index < -0.39 is 5.41 Å². The molecule has 0 radical (unpaired) electrons. The van der Waals surface area contributed by atoms with Gasteiger partial charge in [-0.3, -0.25) is 9.59 Å². The first kappa shape index (κ1) is 22.6. The molecule has 178 valence electrons. The van der Waals surface area contributed by atoms with Gasteiger partial charge in [-0.2, -0.15) is 0 Å². The van der Waals surface area contributed by atoms with Gasteiger partial charge >= 0.3 is 0 Å². The molecule has 5 rings (SSSR count). The Kier molecular flexibility index (Phi) is 5.92. The molecular formula is C28H32N2O4. The number of ketones is 1. The average molecular weight is 461 g/mol. The number of hydrogen-bond donors (Lipinski definition) is 2. The summed E-state index contributed by atoms with van der Waals surface area (Å²) >= 11 is 0. The molecule has 2 fully saturated rings. The summed E-state index contributed by atoms with van der Waals surface area (Å²) in [6.45, 7) is 2.08. The lowest BCUT2D eigenvalue weighted by Crippen LogP contribution is -2.44. The van der Waals surface area contributed by atoms with Crippen LogP contribution >= 0.6 is 0 Å². The van der Waals surface area contributed by atoms with Crippen LogP contribution in [0.1, 0.15) is 56.1 Å². The van der Waals surface area contributed by atoms with Crippen molar-refractivity contribution in [2.75, 3.05) is 12.4 Å². The number of ether oxygens (including phenoxy) is 1. The van der Waals surface area contributed by atoms with Crippen molar-refractivity contribution in [2.45, 2.75) is 51.4 Å². The average Bonchev–Trinajstić information content (AvgIpc) is 3.09. The zero-order valence-corrected chi connectivity index (χ0v) is 19.8. The highest BCUT2D eigenvalue weighted by Gasteiger charge is 2.60. The van der Waals surface area contributed by atoms with Crippen LogP contribution in [0, 0.1) is 23.2 Å². The van der Waals surface area contributed by atoms with Gasteiger partial charge in [-0.05, 0) is 79.0 Å². The van der Waals surface area contributed by atoms with Crippen LogP contribution < -0.4 is 10.1 Å². The molecule has 0 saturated heterocycles. The van der Waals surface area contributed by atoms with Crippen molar-refractivity contribution in [2.24, 2.45) is 23.2 Å². The second-order valence-corrected chi connectivity index (χ2v) is 10.2. The van der Waals surface area contributed by atoms with E-state index in [0.29, 0.717) is 35.4 Å². The Bertz CT molecular complexity index is 1130. The molecule has 1 amide bonds. The summed E-state index contributed by atoms with van der Waals surface area (Å²) in [5.41, 5.74) is 2.89.